The molecule has 0 aliphatic carbocycles. The van der Waals surface area contributed by atoms with Crippen LogP contribution in [0.1, 0.15) is 30.6 Å². The lowest BCUT2D eigenvalue weighted by Crippen LogP contribution is -2.08. The maximum atomic E-state index is 13.3. The number of phenolic OH excluding ortho intramolecular Hbond substituents is 1. The predicted octanol–water partition coefficient (Wildman–Crippen LogP) is 4.75. The normalized spacial score (nSPS) is 13.0. The van der Waals surface area contributed by atoms with Crippen LogP contribution in [0.15, 0.2) is 54.6 Å². The first kappa shape index (κ1) is 16.8. The van der Waals surface area contributed by atoms with Gasteiger partial charge in [-0.25, -0.2) is 0 Å². The summed E-state index contributed by atoms with van der Waals surface area (Å²) in [5.74, 6) is 0.165. The first-order valence-electron chi connectivity index (χ1n) is 7.33. The van der Waals surface area contributed by atoms with Crippen molar-refractivity contribution >= 4 is 7.60 Å². The van der Waals surface area contributed by atoms with Crippen molar-refractivity contribution in [2.75, 3.05) is 13.2 Å². The van der Waals surface area contributed by atoms with Crippen LogP contribution in [0.4, 0.5) is 0 Å². The Hall–Kier alpha value is -1.61. The van der Waals surface area contributed by atoms with Crippen LogP contribution < -0.4 is 0 Å². The van der Waals surface area contributed by atoms with E-state index in [4.69, 9.17) is 9.05 Å². The van der Waals surface area contributed by atoms with Gasteiger partial charge in [0.05, 0.1) is 13.2 Å². The molecule has 2 rings (SSSR count). The van der Waals surface area contributed by atoms with Crippen LogP contribution >= 0.6 is 7.60 Å². The van der Waals surface area contributed by atoms with E-state index in [1.165, 1.54) is 0 Å². The Kier molecular flexibility index (Phi) is 5.78. The van der Waals surface area contributed by atoms with Crippen molar-refractivity contribution in [3.63, 3.8) is 0 Å². The monoisotopic (exact) mass is 320 g/mol. The average molecular weight is 320 g/mol. The highest BCUT2D eigenvalue weighted by Gasteiger charge is 2.38. The van der Waals surface area contributed by atoms with E-state index >= 15 is 0 Å². The number of phenols is 1. The molecular weight excluding hydrogens is 299 g/mol. The minimum atomic E-state index is -3.37. The molecule has 1 N–H and O–H groups in total. The summed E-state index contributed by atoms with van der Waals surface area (Å²) < 4.78 is 24.4. The summed E-state index contributed by atoms with van der Waals surface area (Å²) in [7, 11) is -3.37. The van der Waals surface area contributed by atoms with E-state index in [-0.39, 0.29) is 5.75 Å². The summed E-state index contributed by atoms with van der Waals surface area (Å²) in [6, 6.07) is 16.2. The fourth-order valence-electron chi connectivity index (χ4n) is 2.40. The van der Waals surface area contributed by atoms with Gasteiger partial charge in [0.2, 0.25) is 0 Å². The number of aromatic hydroxyl groups is 1. The molecule has 4 nitrogen and oxygen atoms in total. The highest BCUT2D eigenvalue weighted by Crippen LogP contribution is 2.63. The molecule has 0 spiro atoms. The van der Waals surface area contributed by atoms with Gasteiger partial charge in [-0.2, -0.15) is 0 Å². The summed E-state index contributed by atoms with van der Waals surface area (Å²) >= 11 is 0. The fraction of sp³-hybridized carbons (Fsp3) is 0.294. The van der Waals surface area contributed by atoms with Gasteiger partial charge in [0.15, 0.2) is 0 Å². The molecule has 0 saturated carbocycles. The van der Waals surface area contributed by atoms with Crippen molar-refractivity contribution in [3.8, 4) is 5.75 Å². The van der Waals surface area contributed by atoms with E-state index in [2.05, 4.69) is 0 Å². The molecule has 0 aromatic heterocycles. The van der Waals surface area contributed by atoms with Crippen LogP contribution in [0.5, 0.6) is 5.75 Å². The molecule has 0 fully saturated rings. The lowest BCUT2D eigenvalue weighted by Gasteiger charge is -2.27. The van der Waals surface area contributed by atoms with E-state index in [0.717, 1.165) is 11.1 Å². The zero-order valence-electron chi connectivity index (χ0n) is 12.8. The van der Waals surface area contributed by atoms with Crippen LogP contribution in [0.2, 0.25) is 0 Å². The lowest BCUT2D eigenvalue weighted by molar-refractivity contribution is 0.215. The van der Waals surface area contributed by atoms with Crippen LogP contribution in [-0.2, 0) is 13.6 Å². The van der Waals surface area contributed by atoms with E-state index in [0.29, 0.717) is 13.2 Å². The van der Waals surface area contributed by atoms with E-state index in [1.54, 1.807) is 38.1 Å². The molecule has 1 atom stereocenters. The second kappa shape index (κ2) is 7.59. The van der Waals surface area contributed by atoms with E-state index in [1.807, 2.05) is 30.3 Å². The Morgan fingerprint density at radius 2 is 1.41 bits per heavy atom. The van der Waals surface area contributed by atoms with Crippen molar-refractivity contribution < 1.29 is 18.7 Å². The van der Waals surface area contributed by atoms with Crippen LogP contribution in [-0.4, -0.2) is 18.3 Å². The second-order valence-electron chi connectivity index (χ2n) is 4.78. The lowest BCUT2D eigenvalue weighted by atomic mass is 10.0. The molecule has 5 heteroatoms. The molecule has 22 heavy (non-hydrogen) atoms. The number of hydrogen-bond acceptors (Lipinski definition) is 4. The van der Waals surface area contributed by atoms with Crippen LogP contribution in [0, 0.1) is 0 Å². The minimum Gasteiger partial charge on any atom is -0.508 e. The summed E-state index contributed by atoms with van der Waals surface area (Å²) in [4.78, 5) is 0. The van der Waals surface area contributed by atoms with Gasteiger partial charge in [-0.3, -0.25) is 4.57 Å². The van der Waals surface area contributed by atoms with Crippen molar-refractivity contribution in [1.29, 1.82) is 0 Å². The van der Waals surface area contributed by atoms with Gasteiger partial charge in [0, 0.05) is 0 Å². The molecule has 0 aliphatic rings. The first-order valence-corrected chi connectivity index (χ1v) is 8.94. The third-order valence-corrected chi connectivity index (χ3v) is 5.72. The van der Waals surface area contributed by atoms with Gasteiger partial charge in [-0.1, -0.05) is 42.5 Å². The minimum absolute atomic E-state index is 0.165. The second-order valence-corrected chi connectivity index (χ2v) is 6.89. The molecule has 0 saturated heterocycles. The predicted molar refractivity (Wildman–Crippen MR) is 87.3 cm³/mol. The fourth-order valence-corrected chi connectivity index (χ4v) is 4.56. The van der Waals surface area contributed by atoms with Crippen LogP contribution in [0.25, 0.3) is 0 Å². The average Bonchev–Trinajstić information content (AvgIpc) is 2.51. The topological polar surface area (TPSA) is 55.8 Å². The standard InChI is InChI=1S/C17H21O4P/c1-3-20-22(19,21-4-2)17(14-8-6-5-7-9-14)15-10-12-16(18)13-11-15/h5-13,17-18H,3-4H2,1-2H3. The zero-order valence-corrected chi connectivity index (χ0v) is 13.7. The van der Waals surface area contributed by atoms with E-state index < -0.39 is 13.3 Å². The third kappa shape index (κ3) is 3.77. The van der Waals surface area contributed by atoms with Crippen LogP contribution in [0.3, 0.4) is 0 Å². The molecule has 0 aliphatic heterocycles. The first-order chi connectivity index (χ1) is 10.6. The third-order valence-electron chi connectivity index (χ3n) is 3.26. The Labute approximate surface area is 131 Å². The highest BCUT2D eigenvalue weighted by atomic mass is 31.2. The number of hydrogen-bond donors (Lipinski definition) is 1. The number of rotatable bonds is 7. The van der Waals surface area contributed by atoms with Crippen molar-refractivity contribution in [2.24, 2.45) is 0 Å². The van der Waals surface area contributed by atoms with Gasteiger partial charge in [-0.05, 0) is 37.1 Å². The van der Waals surface area contributed by atoms with Gasteiger partial charge in [0.25, 0.3) is 0 Å². The van der Waals surface area contributed by atoms with Crippen molar-refractivity contribution in [1.82, 2.24) is 0 Å². The summed E-state index contributed by atoms with van der Waals surface area (Å²) in [6.07, 6.45) is 0. The molecule has 0 amide bonds. The smallest absolute Gasteiger partial charge is 0.342 e. The molecule has 118 valence electrons. The summed E-state index contributed by atoms with van der Waals surface area (Å²) in [6.45, 7) is 4.20. The molecule has 0 radical (unpaired) electrons. The quantitative estimate of drug-likeness (QED) is 0.748. The maximum absolute atomic E-state index is 13.3. The highest BCUT2D eigenvalue weighted by molar-refractivity contribution is 7.54. The molecule has 0 bridgehead atoms. The molecular formula is C17H21O4P. The zero-order chi connectivity index (χ0) is 16.0. The van der Waals surface area contributed by atoms with Gasteiger partial charge < -0.3 is 14.2 Å². The SMILES string of the molecule is CCOP(=O)(OCC)C(c1ccccc1)c1ccc(O)cc1. The van der Waals surface area contributed by atoms with E-state index in [9.17, 15) is 9.67 Å². The molecule has 2 aromatic carbocycles. The largest absolute Gasteiger partial charge is 0.508 e. The Bertz CT molecular complexity index is 615. The van der Waals surface area contributed by atoms with Gasteiger partial charge in [-0.15, -0.1) is 0 Å². The molecule has 2 aromatic rings. The molecule has 1 unspecified atom stereocenters. The summed E-state index contributed by atoms with van der Waals surface area (Å²) in [5, 5.41) is 9.49. The maximum Gasteiger partial charge on any atom is 0.342 e. The van der Waals surface area contributed by atoms with Gasteiger partial charge in [0.1, 0.15) is 11.4 Å². The Morgan fingerprint density at radius 3 is 1.91 bits per heavy atom. The van der Waals surface area contributed by atoms with Crippen molar-refractivity contribution in [3.05, 3.63) is 65.7 Å². The summed E-state index contributed by atoms with van der Waals surface area (Å²) in [5.41, 5.74) is 1.13. The Morgan fingerprint density at radius 1 is 0.909 bits per heavy atom. The number of benzene rings is 2. The van der Waals surface area contributed by atoms with Crippen molar-refractivity contribution in [2.45, 2.75) is 19.5 Å². The molecule has 0 heterocycles. The van der Waals surface area contributed by atoms with Gasteiger partial charge >= 0.3 is 7.60 Å². The Balaban J connectivity index is 2.54.